The van der Waals surface area contributed by atoms with E-state index in [0.717, 1.165) is 6.42 Å². The van der Waals surface area contributed by atoms with Crippen LogP contribution >= 0.6 is 11.6 Å². The van der Waals surface area contributed by atoms with Gasteiger partial charge >= 0.3 is 0 Å². The van der Waals surface area contributed by atoms with Crippen LogP contribution in [-0.4, -0.2) is 82.7 Å². The zero-order chi connectivity index (χ0) is 25.7. The lowest BCUT2D eigenvalue weighted by molar-refractivity contribution is -0.150. The minimum absolute atomic E-state index is 0.0201. The van der Waals surface area contributed by atoms with Crippen LogP contribution in [0.3, 0.4) is 0 Å². The number of β-amino-alcohol motifs (C(OH)–C–C–N with tert-alkyl or cyclic N) is 1. The third-order valence-electron chi connectivity index (χ3n) is 8.00. The average Bonchev–Trinajstić information content (AvgIpc) is 3.15. The lowest BCUT2D eigenvalue weighted by Gasteiger charge is -2.38. The largest absolute Gasteiger partial charge is 0.395 e. The molecule has 0 saturated carbocycles. The highest BCUT2D eigenvalue weighted by Gasteiger charge is 2.75. The molecule has 5 atom stereocenters. The first-order valence-corrected chi connectivity index (χ1v) is 13.0. The lowest BCUT2D eigenvalue weighted by Crippen LogP contribution is -2.56. The van der Waals surface area contributed by atoms with Crippen molar-refractivity contribution in [1.29, 1.82) is 0 Å². The topological polar surface area (TPSA) is 90.4 Å². The van der Waals surface area contributed by atoms with Gasteiger partial charge in [0.05, 0.1) is 24.0 Å². The van der Waals surface area contributed by atoms with E-state index in [9.17, 15) is 19.5 Å². The van der Waals surface area contributed by atoms with Crippen LogP contribution in [0.25, 0.3) is 0 Å². The molecule has 1 aromatic rings. The molecule has 36 heavy (non-hydrogen) atoms. The Labute approximate surface area is 216 Å². The van der Waals surface area contributed by atoms with E-state index in [0.29, 0.717) is 30.2 Å². The zero-order valence-corrected chi connectivity index (χ0v) is 21.4. The molecule has 1 unspecified atom stereocenters. The van der Waals surface area contributed by atoms with E-state index in [4.69, 9.17) is 16.3 Å². The van der Waals surface area contributed by atoms with Gasteiger partial charge in [-0.15, -0.1) is 0 Å². The summed E-state index contributed by atoms with van der Waals surface area (Å²) in [5, 5.41) is 10.4. The summed E-state index contributed by atoms with van der Waals surface area (Å²) in [5.41, 5.74) is -1.67. The monoisotopic (exact) mass is 513 g/mol. The maximum atomic E-state index is 14.2. The second kappa shape index (κ2) is 9.32. The molecule has 4 heterocycles. The molecule has 1 spiro atoms. The molecule has 1 aromatic carbocycles. The van der Waals surface area contributed by atoms with Crippen molar-refractivity contribution in [2.45, 2.75) is 43.9 Å². The number of ether oxygens (including phenoxy) is 1. The van der Waals surface area contributed by atoms with E-state index in [1.807, 2.05) is 38.2 Å². The summed E-state index contributed by atoms with van der Waals surface area (Å²) in [6, 6.07) is 5.94. The summed E-state index contributed by atoms with van der Waals surface area (Å²) in [6.45, 7) is 4.97. The summed E-state index contributed by atoms with van der Waals surface area (Å²) >= 11 is 6.07. The number of carbonyl (C=O) groups excluding carboxylic acids is 3. The van der Waals surface area contributed by atoms with Gasteiger partial charge in [0, 0.05) is 36.9 Å². The van der Waals surface area contributed by atoms with E-state index < -0.39 is 29.1 Å². The molecule has 8 nitrogen and oxygen atoms in total. The van der Waals surface area contributed by atoms with Crippen molar-refractivity contribution in [3.8, 4) is 0 Å². The third kappa shape index (κ3) is 3.53. The Bertz CT molecular complexity index is 1120. The standard InChI is InChI=1S/C27H32ClN3O5/c1-3-13-29-14-5-11-26(4-2)20(23(29)33)21-24(34)31(16-17-32)22-25(35)30(15-6-12-27(21,22)36-26)19-9-7-18(28)8-10-19/h5-12,20-22,32H,3-4,13-17H2,1-2H3/t20-,21-,22?,26+,27-/m0/s1. The Morgan fingerprint density at radius 3 is 2.36 bits per heavy atom. The number of anilines is 1. The van der Waals surface area contributed by atoms with Gasteiger partial charge in [0.15, 0.2) is 0 Å². The minimum Gasteiger partial charge on any atom is -0.395 e. The molecule has 0 aromatic heterocycles. The normalized spacial score (nSPS) is 33.5. The number of aliphatic hydroxyl groups excluding tert-OH is 1. The van der Waals surface area contributed by atoms with Crippen LogP contribution in [0.5, 0.6) is 0 Å². The molecule has 2 fully saturated rings. The maximum Gasteiger partial charge on any atom is 0.253 e. The van der Waals surface area contributed by atoms with Gasteiger partial charge in [0.2, 0.25) is 11.8 Å². The van der Waals surface area contributed by atoms with E-state index in [1.54, 1.807) is 34.1 Å². The number of hydrogen-bond donors (Lipinski definition) is 1. The van der Waals surface area contributed by atoms with Crippen molar-refractivity contribution in [1.82, 2.24) is 9.80 Å². The lowest BCUT2D eigenvalue weighted by atomic mass is 9.73. The van der Waals surface area contributed by atoms with Crippen molar-refractivity contribution < 1.29 is 24.2 Å². The first kappa shape index (κ1) is 25.0. The average molecular weight is 514 g/mol. The van der Waals surface area contributed by atoms with Crippen LogP contribution in [0.1, 0.15) is 26.7 Å². The van der Waals surface area contributed by atoms with Gasteiger partial charge in [0.25, 0.3) is 5.91 Å². The predicted octanol–water partition coefficient (Wildman–Crippen LogP) is 2.40. The van der Waals surface area contributed by atoms with Crippen LogP contribution in [0.15, 0.2) is 48.6 Å². The van der Waals surface area contributed by atoms with Crippen LogP contribution in [-0.2, 0) is 19.1 Å². The molecule has 1 N–H and O–H groups in total. The number of carbonyl (C=O) groups is 3. The van der Waals surface area contributed by atoms with E-state index in [-0.39, 0.29) is 37.4 Å². The predicted molar refractivity (Wildman–Crippen MR) is 135 cm³/mol. The molecule has 4 aliphatic heterocycles. The zero-order valence-electron chi connectivity index (χ0n) is 20.6. The number of likely N-dealkylation sites (tertiary alicyclic amines) is 1. The molecular formula is C27H32ClN3O5. The number of fused-ring (bicyclic) bond motifs is 2. The highest BCUT2D eigenvalue weighted by Crippen LogP contribution is 2.58. The first-order valence-electron chi connectivity index (χ1n) is 12.7. The molecule has 2 saturated heterocycles. The molecule has 0 aliphatic carbocycles. The second-order valence-corrected chi connectivity index (χ2v) is 10.3. The highest BCUT2D eigenvalue weighted by molar-refractivity contribution is 6.30. The third-order valence-corrected chi connectivity index (χ3v) is 8.25. The fourth-order valence-electron chi connectivity index (χ4n) is 6.48. The van der Waals surface area contributed by atoms with Crippen LogP contribution in [0, 0.1) is 11.8 Å². The summed E-state index contributed by atoms with van der Waals surface area (Å²) in [4.78, 5) is 47.0. The number of rotatable bonds is 6. The number of benzene rings is 1. The second-order valence-electron chi connectivity index (χ2n) is 9.89. The fourth-order valence-corrected chi connectivity index (χ4v) is 6.61. The summed E-state index contributed by atoms with van der Waals surface area (Å²) < 4.78 is 6.86. The van der Waals surface area contributed by atoms with E-state index in [1.165, 1.54) is 4.90 Å². The van der Waals surface area contributed by atoms with Gasteiger partial charge in [0.1, 0.15) is 11.6 Å². The maximum absolute atomic E-state index is 14.2. The molecule has 4 aliphatic rings. The molecule has 9 heteroatoms. The minimum atomic E-state index is -1.32. The molecule has 0 bridgehead atoms. The molecule has 5 rings (SSSR count). The Morgan fingerprint density at radius 2 is 1.69 bits per heavy atom. The van der Waals surface area contributed by atoms with Gasteiger partial charge in [-0.05, 0) is 37.1 Å². The van der Waals surface area contributed by atoms with Crippen molar-refractivity contribution in [2.75, 3.05) is 37.7 Å². The first-order chi connectivity index (χ1) is 17.3. The van der Waals surface area contributed by atoms with Crippen molar-refractivity contribution in [2.24, 2.45) is 11.8 Å². The van der Waals surface area contributed by atoms with Crippen LogP contribution in [0.2, 0.25) is 5.02 Å². The number of amides is 3. The van der Waals surface area contributed by atoms with E-state index >= 15 is 0 Å². The summed E-state index contributed by atoms with van der Waals surface area (Å²) in [5.74, 6) is -2.38. The number of aliphatic hydroxyl groups is 1. The van der Waals surface area contributed by atoms with Crippen molar-refractivity contribution >= 4 is 35.0 Å². The highest BCUT2D eigenvalue weighted by atomic mass is 35.5. The number of halogens is 1. The summed E-state index contributed by atoms with van der Waals surface area (Å²) in [7, 11) is 0. The Kier molecular flexibility index (Phi) is 6.47. The molecular weight excluding hydrogens is 482 g/mol. The molecule has 0 radical (unpaired) electrons. The molecule has 192 valence electrons. The number of nitrogens with zero attached hydrogens (tertiary/aromatic N) is 3. The Balaban J connectivity index is 1.64. The fraction of sp³-hybridized carbons (Fsp3) is 0.519. The van der Waals surface area contributed by atoms with Crippen LogP contribution in [0.4, 0.5) is 5.69 Å². The van der Waals surface area contributed by atoms with Crippen molar-refractivity contribution in [3.63, 3.8) is 0 Å². The summed E-state index contributed by atoms with van der Waals surface area (Å²) in [6.07, 6.45) is 8.83. The van der Waals surface area contributed by atoms with Gasteiger partial charge in [-0.3, -0.25) is 14.4 Å². The number of hydrogen-bond acceptors (Lipinski definition) is 5. The quantitative estimate of drug-likeness (QED) is 0.590. The smallest absolute Gasteiger partial charge is 0.253 e. The van der Waals surface area contributed by atoms with Crippen molar-refractivity contribution in [3.05, 3.63) is 53.6 Å². The SMILES string of the molecule is CCCN1CC=C[C@@]2(CC)O[C@]34C=CCN(c5ccc(Cl)cc5)C(=O)C3N(CCO)C(=O)[C@@H]4[C@H]2C1=O. The van der Waals surface area contributed by atoms with Gasteiger partial charge in [-0.1, -0.05) is 49.8 Å². The van der Waals surface area contributed by atoms with E-state index in [2.05, 4.69) is 0 Å². The van der Waals surface area contributed by atoms with Gasteiger partial charge < -0.3 is 24.5 Å². The van der Waals surface area contributed by atoms with Crippen LogP contribution < -0.4 is 4.90 Å². The Hall–Kier alpha value is -2.68. The Morgan fingerprint density at radius 1 is 0.972 bits per heavy atom. The van der Waals surface area contributed by atoms with Gasteiger partial charge in [-0.2, -0.15) is 0 Å². The molecule has 3 amide bonds. The van der Waals surface area contributed by atoms with Gasteiger partial charge in [-0.25, -0.2) is 0 Å².